The maximum absolute atomic E-state index is 13.0. The molecule has 2 rings (SSSR count). The van der Waals surface area contributed by atoms with Gasteiger partial charge in [0.2, 0.25) is 0 Å². The lowest BCUT2D eigenvalue weighted by molar-refractivity contribution is -0.138. The minimum atomic E-state index is -4.36. The van der Waals surface area contributed by atoms with Gasteiger partial charge in [0.05, 0.1) is 5.56 Å². The quantitative estimate of drug-likeness (QED) is 0.928. The maximum Gasteiger partial charge on any atom is 0.416 e. The summed E-state index contributed by atoms with van der Waals surface area (Å²) >= 11 is 0. The van der Waals surface area contributed by atoms with Crippen LogP contribution in [-0.2, 0) is 12.7 Å². The van der Waals surface area contributed by atoms with Gasteiger partial charge in [-0.2, -0.15) is 13.2 Å². The average Bonchev–Trinajstić information content (AvgIpc) is 2.75. The van der Waals surface area contributed by atoms with Crippen LogP contribution in [0, 0.1) is 6.92 Å². The molecule has 6 heteroatoms. The Hall–Kier alpha value is -1.82. The molecule has 0 unspecified atom stereocenters. The van der Waals surface area contributed by atoms with E-state index < -0.39 is 11.7 Å². The molecule has 3 nitrogen and oxygen atoms in total. The molecule has 0 radical (unpaired) electrons. The van der Waals surface area contributed by atoms with Crippen molar-refractivity contribution >= 4 is 0 Å². The average molecular weight is 269 g/mol. The minimum absolute atomic E-state index is 0.179. The molecule has 0 spiro atoms. The van der Waals surface area contributed by atoms with Crippen molar-refractivity contribution in [3.8, 4) is 5.69 Å². The first kappa shape index (κ1) is 13.6. The van der Waals surface area contributed by atoms with Crippen molar-refractivity contribution < 1.29 is 13.2 Å². The second-order valence-corrected chi connectivity index (χ2v) is 4.21. The number of halogens is 3. The number of aryl methyl sites for hydroxylation is 1. The van der Waals surface area contributed by atoms with E-state index in [1.54, 1.807) is 37.0 Å². The Morgan fingerprint density at radius 3 is 2.58 bits per heavy atom. The number of aromatic nitrogens is 2. The van der Waals surface area contributed by atoms with Crippen molar-refractivity contribution in [2.24, 2.45) is 0 Å². The van der Waals surface area contributed by atoms with E-state index in [9.17, 15) is 13.2 Å². The Morgan fingerprint density at radius 2 is 2.05 bits per heavy atom. The van der Waals surface area contributed by atoms with Gasteiger partial charge >= 0.3 is 6.18 Å². The van der Waals surface area contributed by atoms with Crippen LogP contribution >= 0.6 is 0 Å². The molecule has 1 N–H and O–H groups in total. The Kier molecular flexibility index (Phi) is 3.61. The molecule has 1 aromatic heterocycles. The van der Waals surface area contributed by atoms with Crippen LogP contribution in [0.2, 0.25) is 0 Å². The van der Waals surface area contributed by atoms with Crippen molar-refractivity contribution in [1.29, 1.82) is 0 Å². The number of hydrogen-bond acceptors (Lipinski definition) is 2. The molecule has 0 bridgehead atoms. The van der Waals surface area contributed by atoms with E-state index >= 15 is 0 Å². The molecule has 0 amide bonds. The molecule has 0 aliphatic rings. The van der Waals surface area contributed by atoms with Crippen molar-refractivity contribution in [2.45, 2.75) is 19.6 Å². The largest absolute Gasteiger partial charge is 0.416 e. The molecule has 0 aliphatic heterocycles. The summed E-state index contributed by atoms with van der Waals surface area (Å²) in [5, 5.41) is 2.74. The molecule has 19 heavy (non-hydrogen) atoms. The SMILES string of the molecule is CNCc1ccc(-n2ccnc2C)cc1C(F)(F)F. The van der Waals surface area contributed by atoms with Gasteiger partial charge in [-0.1, -0.05) is 6.07 Å². The molecule has 0 saturated carbocycles. The van der Waals surface area contributed by atoms with Crippen LogP contribution in [0.5, 0.6) is 0 Å². The van der Waals surface area contributed by atoms with Crippen LogP contribution in [0.1, 0.15) is 17.0 Å². The van der Waals surface area contributed by atoms with Gasteiger partial charge in [0.1, 0.15) is 5.82 Å². The Balaban J connectivity index is 2.53. The van der Waals surface area contributed by atoms with E-state index in [0.29, 0.717) is 11.5 Å². The van der Waals surface area contributed by atoms with Crippen LogP contribution in [0.15, 0.2) is 30.6 Å². The fourth-order valence-electron chi connectivity index (χ4n) is 1.97. The number of nitrogens with zero attached hydrogens (tertiary/aromatic N) is 2. The van der Waals surface area contributed by atoms with E-state index in [4.69, 9.17) is 0 Å². The molecule has 0 saturated heterocycles. The summed E-state index contributed by atoms with van der Waals surface area (Å²) in [6, 6.07) is 4.31. The summed E-state index contributed by atoms with van der Waals surface area (Å²) in [6.45, 7) is 1.92. The van der Waals surface area contributed by atoms with E-state index in [0.717, 1.165) is 6.07 Å². The lowest BCUT2D eigenvalue weighted by Crippen LogP contribution is -2.15. The first-order valence-electron chi connectivity index (χ1n) is 5.78. The zero-order valence-electron chi connectivity index (χ0n) is 10.6. The summed E-state index contributed by atoms with van der Waals surface area (Å²) in [6.07, 6.45) is -1.16. The normalized spacial score (nSPS) is 11.8. The fourth-order valence-corrected chi connectivity index (χ4v) is 1.97. The van der Waals surface area contributed by atoms with Gasteiger partial charge in [-0.25, -0.2) is 4.98 Å². The molecule has 2 aromatic rings. The van der Waals surface area contributed by atoms with Gasteiger partial charge in [0, 0.05) is 24.6 Å². The fraction of sp³-hybridized carbons (Fsp3) is 0.308. The molecule has 1 heterocycles. The molecule has 0 atom stereocenters. The summed E-state index contributed by atoms with van der Waals surface area (Å²) in [7, 11) is 1.62. The monoisotopic (exact) mass is 269 g/mol. The van der Waals surface area contributed by atoms with Crippen molar-refractivity contribution in [3.63, 3.8) is 0 Å². The van der Waals surface area contributed by atoms with Crippen molar-refractivity contribution in [3.05, 3.63) is 47.5 Å². The Morgan fingerprint density at radius 1 is 1.32 bits per heavy atom. The first-order chi connectivity index (χ1) is 8.93. The van der Waals surface area contributed by atoms with Gasteiger partial charge in [-0.3, -0.25) is 0 Å². The van der Waals surface area contributed by atoms with Crippen LogP contribution in [-0.4, -0.2) is 16.6 Å². The number of rotatable bonds is 3. The molecule has 102 valence electrons. The van der Waals surface area contributed by atoms with E-state index in [2.05, 4.69) is 10.3 Å². The molecule has 1 aromatic carbocycles. The predicted molar refractivity (Wildman–Crippen MR) is 66.1 cm³/mol. The Labute approximate surface area is 109 Å². The number of benzene rings is 1. The number of alkyl halides is 3. The van der Waals surface area contributed by atoms with Gasteiger partial charge < -0.3 is 9.88 Å². The second kappa shape index (κ2) is 5.05. The standard InChI is InChI=1S/C13H14F3N3/c1-9-18-5-6-19(9)11-4-3-10(8-17-2)12(7-11)13(14,15)16/h3-7,17H,8H2,1-2H3. The topological polar surface area (TPSA) is 29.9 Å². The van der Waals surface area contributed by atoms with Crippen LogP contribution in [0.25, 0.3) is 5.69 Å². The first-order valence-corrected chi connectivity index (χ1v) is 5.78. The molecular weight excluding hydrogens is 255 g/mol. The van der Waals surface area contributed by atoms with E-state index in [-0.39, 0.29) is 12.1 Å². The molecule has 0 fully saturated rings. The zero-order valence-corrected chi connectivity index (χ0v) is 10.6. The van der Waals surface area contributed by atoms with Crippen LogP contribution < -0.4 is 5.32 Å². The number of imidazole rings is 1. The lowest BCUT2D eigenvalue weighted by atomic mass is 10.1. The van der Waals surface area contributed by atoms with Gasteiger partial charge in [-0.15, -0.1) is 0 Å². The summed E-state index contributed by atoms with van der Waals surface area (Å²) in [4.78, 5) is 4.01. The number of hydrogen-bond donors (Lipinski definition) is 1. The van der Waals surface area contributed by atoms with E-state index in [1.807, 2.05) is 0 Å². The third kappa shape index (κ3) is 2.78. The highest BCUT2D eigenvalue weighted by molar-refractivity contribution is 5.43. The van der Waals surface area contributed by atoms with Crippen molar-refractivity contribution in [1.82, 2.24) is 14.9 Å². The van der Waals surface area contributed by atoms with Crippen LogP contribution in [0.3, 0.4) is 0 Å². The van der Waals surface area contributed by atoms with Crippen LogP contribution in [0.4, 0.5) is 13.2 Å². The van der Waals surface area contributed by atoms with Gasteiger partial charge in [0.15, 0.2) is 0 Å². The van der Waals surface area contributed by atoms with Crippen molar-refractivity contribution in [2.75, 3.05) is 7.05 Å². The highest BCUT2D eigenvalue weighted by Gasteiger charge is 2.33. The summed E-state index contributed by atoms with van der Waals surface area (Å²) in [5.74, 6) is 0.648. The highest BCUT2D eigenvalue weighted by Crippen LogP contribution is 2.33. The summed E-state index contributed by atoms with van der Waals surface area (Å²) < 4.78 is 40.7. The van der Waals surface area contributed by atoms with Gasteiger partial charge in [0.25, 0.3) is 0 Å². The minimum Gasteiger partial charge on any atom is -0.316 e. The third-order valence-electron chi connectivity index (χ3n) is 2.87. The highest BCUT2D eigenvalue weighted by atomic mass is 19.4. The smallest absolute Gasteiger partial charge is 0.316 e. The Bertz CT molecular complexity index is 573. The van der Waals surface area contributed by atoms with Gasteiger partial charge in [-0.05, 0) is 31.7 Å². The lowest BCUT2D eigenvalue weighted by Gasteiger charge is -2.15. The second-order valence-electron chi connectivity index (χ2n) is 4.21. The third-order valence-corrected chi connectivity index (χ3v) is 2.87. The maximum atomic E-state index is 13.0. The molecule has 0 aliphatic carbocycles. The summed E-state index contributed by atoms with van der Waals surface area (Å²) in [5.41, 5.74) is 0.0751. The zero-order chi connectivity index (χ0) is 14.0. The predicted octanol–water partition coefficient (Wildman–Crippen LogP) is 2.92. The number of nitrogens with one attached hydrogen (secondary N) is 1. The molecular formula is C13H14F3N3. The van der Waals surface area contributed by atoms with E-state index in [1.165, 1.54) is 6.07 Å².